The van der Waals surface area contributed by atoms with Gasteiger partial charge in [-0.3, -0.25) is 0 Å². The maximum Gasteiger partial charge on any atom is 1.00 e. The maximum absolute atomic E-state index is 10.8. The molecule has 0 aromatic rings. The second kappa shape index (κ2) is 12.8. The fourth-order valence-electron chi connectivity index (χ4n) is 2.83. The number of aliphatic hydroxyl groups excluding tert-OH is 7. The van der Waals surface area contributed by atoms with E-state index in [0.29, 0.717) is 0 Å². The molecule has 2 saturated heterocycles. The summed E-state index contributed by atoms with van der Waals surface area (Å²) in [4.78, 5) is 21.7. The molecule has 2 aliphatic heterocycles. The van der Waals surface area contributed by atoms with Crippen LogP contribution in [-0.2, 0) is 23.3 Å². The predicted molar refractivity (Wildman–Crippen MR) is 75.1 cm³/mol. The van der Waals surface area contributed by atoms with Crippen molar-refractivity contribution in [2.45, 2.75) is 61.4 Å². The van der Waals surface area contributed by atoms with E-state index in [1.165, 1.54) is 0 Å². The van der Waals surface area contributed by atoms with Crippen LogP contribution in [0.5, 0.6) is 0 Å². The van der Waals surface area contributed by atoms with Crippen LogP contribution in [0, 0.1) is 0 Å². The van der Waals surface area contributed by atoms with Crippen LogP contribution in [0.1, 0.15) is 0 Å². The van der Waals surface area contributed by atoms with Gasteiger partial charge in [-0.15, -0.1) is 0 Å². The summed E-state index contributed by atoms with van der Waals surface area (Å²) in [5.74, 6) is 0. The van der Waals surface area contributed by atoms with Gasteiger partial charge < -0.3 is 68.8 Å². The Balaban J connectivity index is 0.00000392. The summed E-state index contributed by atoms with van der Waals surface area (Å²) in [5.41, 5.74) is 0. The Morgan fingerprint density at radius 2 is 1.34 bits per heavy atom. The molecule has 0 saturated carbocycles. The zero-order valence-electron chi connectivity index (χ0n) is 15.6. The zero-order valence-corrected chi connectivity index (χ0v) is 20.5. The van der Waals surface area contributed by atoms with E-state index < -0.39 is 82.4 Å². The van der Waals surface area contributed by atoms with Crippen molar-refractivity contribution in [3.05, 3.63) is 0 Å². The molecule has 7 N–H and O–H groups in total. The van der Waals surface area contributed by atoms with Gasteiger partial charge in [0.15, 0.2) is 12.6 Å². The minimum absolute atomic E-state index is 0. The fraction of sp³-hybridized carbons (Fsp3) is 1.00. The number of phosphoric ester groups is 1. The average molecular weight is 466 g/mol. The van der Waals surface area contributed by atoms with E-state index >= 15 is 0 Å². The van der Waals surface area contributed by atoms with Gasteiger partial charge >= 0.3 is 59.1 Å². The molecule has 0 radical (unpaired) electrons. The molecule has 0 unspecified atom stereocenters. The smallest absolute Gasteiger partial charge is 0.790 e. The monoisotopic (exact) mass is 466 g/mol. The summed E-state index contributed by atoms with van der Waals surface area (Å²) >= 11 is 0. The minimum Gasteiger partial charge on any atom is -0.790 e. The third kappa shape index (κ3) is 7.62. The Bertz CT molecular complexity index is 537. The molecule has 0 amide bonds. The van der Waals surface area contributed by atoms with Crippen LogP contribution in [0.25, 0.3) is 0 Å². The standard InChI is InChI=1S/C12H23O14P.2Na/c13-1-3-5(15)10(26-27(20,21)22)8(18)12(24-3)25-9-4(2-14)23-11(19)7(17)6(9)16;;/h3-19H,1-2H2,(H2,20,21,22);;/q;2*+1/p-2/t3-,4-,5-,6-,7-,8-,9-,10+,11-,12-;;/m1../s1. The van der Waals surface area contributed by atoms with Crippen molar-refractivity contribution >= 4 is 7.82 Å². The normalized spacial score (nSPS) is 43.2. The van der Waals surface area contributed by atoms with Gasteiger partial charge in [0.25, 0.3) is 0 Å². The molecule has 10 atom stereocenters. The summed E-state index contributed by atoms with van der Waals surface area (Å²) in [6, 6.07) is 0. The van der Waals surface area contributed by atoms with Crippen molar-refractivity contribution in [1.29, 1.82) is 0 Å². The Morgan fingerprint density at radius 1 is 0.793 bits per heavy atom. The average Bonchev–Trinajstić information content (AvgIpc) is 2.59. The van der Waals surface area contributed by atoms with E-state index in [1.54, 1.807) is 0 Å². The summed E-state index contributed by atoms with van der Waals surface area (Å²) in [5, 5.41) is 67.7. The number of phosphoric acid groups is 1. The Kier molecular flexibility index (Phi) is 13.6. The van der Waals surface area contributed by atoms with Crippen molar-refractivity contribution in [3.63, 3.8) is 0 Å². The van der Waals surface area contributed by atoms with E-state index in [2.05, 4.69) is 4.52 Å². The SMILES string of the molecule is O=P([O-])([O-])O[C@@H]1[C@@H](O)[C@@H](O[C@H]2[C@H](O)[C@@H](O)[C@H](O)O[C@@H]2CO)O[C@H](CO)[C@H]1O.[Na+].[Na+]. The van der Waals surface area contributed by atoms with Crippen LogP contribution in [0.2, 0.25) is 0 Å². The third-order valence-corrected chi connectivity index (χ3v) is 4.70. The number of rotatable bonds is 6. The Labute approximate surface area is 209 Å². The summed E-state index contributed by atoms with van der Waals surface area (Å²) < 4.78 is 30.1. The minimum atomic E-state index is -5.66. The van der Waals surface area contributed by atoms with Gasteiger partial charge in [-0.05, 0) is 0 Å². The first-order valence-electron chi connectivity index (χ1n) is 7.79. The molecule has 14 nitrogen and oxygen atoms in total. The predicted octanol–water partition coefficient (Wildman–Crippen LogP) is -12.5. The fourth-order valence-corrected chi connectivity index (χ4v) is 3.38. The van der Waals surface area contributed by atoms with E-state index in [0.717, 1.165) is 0 Å². The molecule has 2 fully saturated rings. The van der Waals surface area contributed by atoms with Gasteiger partial charge in [0, 0.05) is 0 Å². The summed E-state index contributed by atoms with van der Waals surface area (Å²) in [6.07, 6.45) is -18.0. The summed E-state index contributed by atoms with van der Waals surface area (Å²) in [7, 11) is -5.66. The van der Waals surface area contributed by atoms with E-state index in [4.69, 9.17) is 14.2 Å². The molecule has 0 aliphatic carbocycles. The second-order valence-corrected chi connectivity index (χ2v) is 7.16. The van der Waals surface area contributed by atoms with Gasteiger partial charge in [0.2, 0.25) is 0 Å². The van der Waals surface area contributed by atoms with Crippen LogP contribution >= 0.6 is 7.82 Å². The van der Waals surface area contributed by atoms with Crippen LogP contribution in [0.3, 0.4) is 0 Å². The van der Waals surface area contributed by atoms with Gasteiger partial charge in [0.05, 0.1) is 21.0 Å². The number of hydrogen-bond acceptors (Lipinski definition) is 14. The molecule has 29 heavy (non-hydrogen) atoms. The summed E-state index contributed by atoms with van der Waals surface area (Å²) in [6.45, 7) is -1.68. The molecule has 160 valence electrons. The molecular formula is C12H21Na2O14P. The molecule has 0 aromatic carbocycles. The van der Waals surface area contributed by atoms with E-state index in [1.807, 2.05) is 0 Å². The first kappa shape index (κ1) is 30.7. The molecule has 2 aliphatic rings. The Morgan fingerprint density at radius 3 is 1.83 bits per heavy atom. The number of hydrogen-bond donors (Lipinski definition) is 7. The van der Waals surface area contributed by atoms with Crippen LogP contribution in [0.4, 0.5) is 0 Å². The first-order chi connectivity index (χ1) is 12.5. The molecule has 0 aromatic heterocycles. The molecular weight excluding hydrogens is 445 g/mol. The molecule has 0 bridgehead atoms. The molecule has 17 heteroatoms. The van der Waals surface area contributed by atoms with Gasteiger partial charge in [-0.2, -0.15) is 0 Å². The number of aliphatic hydroxyl groups is 7. The Hall–Kier alpha value is 1.71. The quantitative estimate of drug-likeness (QED) is 0.142. The maximum atomic E-state index is 10.8. The van der Waals surface area contributed by atoms with E-state index in [-0.39, 0.29) is 59.1 Å². The number of ether oxygens (including phenoxy) is 3. The van der Waals surface area contributed by atoms with Gasteiger partial charge in [0.1, 0.15) is 48.8 Å². The first-order valence-corrected chi connectivity index (χ1v) is 9.25. The zero-order chi connectivity index (χ0) is 20.5. The van der Waals surface area contributed by atoms with Crippen molar-refractivity contribution in [1.82, 2.24) is 0 Å². The van der Waals surface area contributed by atoms with Crippen molar-refractivity contribution in [3.8, 4) is 0 Å². The van der Waals surface area contributed by atoms with Crippen LogP contribution in [0.15, 0.2) is 0 Å². The molecule has 2 heterocycles. The second-order valence-electron chi connectivity index (χ2n) is 6.05. The van der Waals surface area contributed by atoms with Gasteiger partial charge in [-0.1, -0.05) is 0 Å². The molecule has 0 spiro atoms. The molecule has 2 rings (SSSR count). The topological polar surface area (TPSA) is 242 Å². The van der Waals surface area contributed by atoms with Crippen LogP contribution in [-0.4, -0.2) is 110 Å². The van der Waals surface area contributed by atoms with Crippen molar-refractivity contribution in [2.24, 2.45) is 0 Å². The van der Waals surface area contributed by atoms with Crippen molar-refractivity contribution < 1.29 is 128 Å². The largest absolute Gasteiger partial charge is 1.00 e. The van der Waals surface area contributed by atoms with Crippen LogP contribution < -0.4 is 68.9 Å². The van der Waals surface area contributed by atoms with Gasteiger partial charge in [-0.25, -0.2) is 0 Å². The van der Waals surface area contributed by atoms with E-state index in [9.17, 15) is 50.1 Å². The van der Waals surface area contributed by atoms with Crippen molar-refractivity contribution in [2.75, 3.05) is 13.2 Å². The third-order valence-electron chi connectivity index (χ3n) is 4.20.